The Morgan fingerprint density at radius 1 is 1.11 bits per heavy atom. The molecule has 1 fully saturated rings. The molecular weight excluding hydrogens is 395 g/mol. The molecule has 1 aliphatic rings. The van der Waals surface area contributed by atoms with Crippen molar-refractivity contribution >= 4 is 10.0 Å². The lowest BCUT2D eigenvalue weighted by atomic mass is 9.87. The van der Waals surface area contributed by atoms with Gasteiger partial charge in [-0.15, -0.1) is 0 Å². The van der Waals surface area contributed by atoms with E-state index in [0.717, 1.165) is 62.8 Å². The predicted octanol–water partition coefficient (Wildman–Crippen LogP) is 3.67. The average molecular weight is 423 g/mol. The SMILES string of the molecule is CN(C[C@H]1CC[C@H](OCCCCO)CC1)S(=O)(=O)c1ccc(C(F)(F)F)cc1. The molecule has 1 aromatic rings. The van der Waals surface area contributed by atoms with Crippen molar-refractivity contribution in [3.05, 3.63) is 29.8 Å². The summed E-state index contributed by atoms with van der Waals surface area (Å²) in [5, 5.41) is 8.76. The number of unbranched alkanes of at least 4 members (excludes halogenated alkanes) is 1. The summed E-state index contributed by atoms with van der Waals surface area (Å²) in [5.74, 6) is 0.200. The molecule has 0 spiro atoms. The first-order chi connectivity index (χ1) is 13.1. The molecule has 1 N–H and O–H groups in total. The molecule has 160 valence electrons. The minimum atomic E-state index is -4.49. The number of hydrogen-bond donors (Lipinski definition) is 1. The van der Waals surface area contributed by atoms with Crippen LogP contribution < -0.4 is 0 Å². The Balaban J connectivity index is 1.86. The number of alkyl halides is 3. The summed E-state index contributed by atoms with van der Waals surface area (Å²) in [5.41, 5.74) is -0.869. The standard InChI is InChI=1S/C19H28F3NO4S/c1-23(14-15-4-8-17(9-5-15)27-13-3-2-12-24)28(25,26)18-10-6-16(7-11-18)19(20,21)22/h6-7,10-11,15,17,24H,2-5,8-9,12-14H2,1H3/t15-,17-. The van der Waals surface area contributed by atoms with Crippen molar-refractivity contribution in [1.82, 2.24) is 4.31 Å². The topological polar surface area (TPSA) is 66.8 Å². The van der Waals surface area contributed by atoms with E-state index in [1.54, 1.807) is 0 Å². The highest BCUT2D eigenvalue weighted by atomic mass is 32.2. The molecule has 0 atom stereocenters. The Morgan fingerprint density at radius 3 is 2.25 bits per heavy atom. The van der Waals surface area contributed by atoms with Gasteiger partial charge in [0.05, 0.1) is 16.6 Å². The van der Waals surface area contributed by atoms with Crippen LogP contribution in [0.25, 0.3) is 0 Å². The van der Waals surface area contributed by atoms with Crippen LogP contribution in [-0.2, 0) is 20.9 Å². The number of halogens is 3. The van der Waals surface area contributed by atoms with Crippen molar-refractivity contribution in [3.8, 4) is 0 Å². The minimum absolute atomic E-state index is 0.135. The highest BCUT2D eigenvalue weighted by Gasteiger charge is 2.32. The molecule has 2 rings (SSSR count). The summed E-state index contributed by atoms with van der Waals surface area (Å²) in [6, 6.07) is 3.59. The summed E-state index contributed by atoms with van der Waals surface area (Å²) < 4.78 is 70.2. The molecule has 28 heavy (non-hydrogen) atoms. The molecule has 0 heterocycles. The Morgan fingerprint density at radius 2 is 1.71 bits per heavy atom. The number of aliphatic hydroxyl groups is 1. The van der Waals surface area contributed by atoms with Gasteiger partial charge in [0.1, 0.15) is 0 Å². The monoisotopic (exact) mass is 423 g/mol. The fourth-order valence-electron chi connectivity index (χ4n) is 3.40. The van der Waals surface area contributed by atoms with Crippen molar-refractivity contribution in [2.75, 3.05) is 26.8 Å². The minimum Gasteiger partial charge on any atom is -0.396 e. The average Bonchev–Trinajstić information content (AvgIpc) is 2.66. The highest BCUT2D eigenvalue weighted by Crippen LogP contribution is 2.31. The molecule has 0 amide bonds. The second-order valence-electron chi connectivity index (χ2n) is 7.25. The first-order valence-electron chi connectivity index (χ1n) is 9.50. The molecular formula is C19H28F3NO4S. The van der Waals surface area contributed by atoms with Crippen molar-refractivity contribution in [3.63, 3.8) is 0 Å². The van der Waals surface area contributed by atoms with Crippen LogP contribution in [0.15, 0.2) is 29.2 Å². The largest absolute Gasteiger partial charge is 0.416 e. The van der Waals surface area contributed by atoms with Crippen molar-refractivity contribution < 1.29 is 31.4 Å². The first-order valence-corrected chi connectivity index (χ1v) is 10.9. The summed E-state index contributed by atoms with van der Waals surface area (Å²) in [6.45, 7) is 1.12. The van der Waals surface area contributed by atoms with E-state index in [1.807, 2.05) is 0 Å². The van der Waals surface area contributed by atoms with Crippen molar-refractivity contribution in [2.24, 2.45) is 5.92 Å². The lowest BCUT2D eigenvalue weighted by Crippen LogP contribution is -2.34. The summed E-state index contributed by atoms with van der Waals surface area (Å²) in [6.07, 6.45) is 0.636. The quantitative estimate of drug-likeness (QED) is 0.616. The van der Waals surface area contributed by atoms with Crippen molar-refractivity contribution in [2.45, 2.75) is 55.7 Å². The van der Waals surface area contributed by atoms with Crippen LogP contribution in [0.4, 0.5) is 13.2 Å². The number of hydrogen-bond acceptors (Lipinski definition) is 4. The first kappa shape index (κ1) is 23.1. The number of ether oxygens (including phenoxy) is 1. The summed E-state index contributed by atoms with van der Waals surface area (Å²) >= 11 is 0. The van der Waals surface area contributed by atoms with Gasteiger partial charge in [0, 0.05) is 26.8 Å². The molecule has 0 aliphatic heterocycles. The third kappa shape index (κ3) is 6.43. The van der Waals surface area contributed by atoms with Gasteiger partial charge in [-0.3, -0.25) is 0 Å². The summed E-state index contributed by atoms with van der Waals surface area (Å²) in [4.78, 5) is -0.135. The third-order valence-corrected chi connectivity index (χ3v) is 6.94. The summed E-state index contributed by atoms with van der Waals surface area (Å²) in [7, 11) is -2.36. The van der Waals surface area contributed by atoms with E-state index in [2.05, 4.69) is 0 Å². The highest BCUT2D eigenvalue weighted by molar-refractivity contribution is 7.89. The molecule has 1 saturated carbocycles. The zero-order chi connectivity index (χ0) is 20.8. The van der Waals surface area contributed by atoms with Crippen LogP contribution >= 0.6 is 0 Å². The zero-order valence-electron chi connectivity index (χ0n) is 16.0. The van der Waals surface area contributed by atoms with Gasteiger partial charge in [-0.05, 0) is 68.7 Å². The van der Waals surface area contributed by atoms with Gasteiger partial charge in [0.2, 0.25) is 10.0 Å². The van der Waals surface area contributed by atoms with Crippen LogP contribution in [0, 0.1) is 5.92 Å². The van der Waals surface area contributed by atoms with Gasteiger partial charge in [-0.1, -0.05) is 0 Å². The van der Waals surface area contributed by atoms with Gasteiger partial charge < -0.3 is 9.84 Å². The van der Waals surface area contributed by atoms with E-state index >= 15 is 0 Å². The number of sulfonamides is 1. The number of nitrogens with zero attached hydrogens (tertiary/aromatic N) is 1. The van der Waals surface area contributed by atoms with E-state index in [9.17, 15) is 21.6 Å². The molecule has 0 bridgehead atoms. The van der Waals surface area contributed by atoms with Gasteiger partial charge >= 0.3 is 6.18 Å². The lowest BCUT2D eigenvalue weighted by Gasteiger charge is -2.31. The second-order valence-corrected chi connectivity index (χ2v) is 9.30. The molecule has 1 aromatic carbocycles. The van der Waals surface area contributed by atoms with Gasteiger partial charge in [0.25, 0.3) is 0 Å². The Kier molecular flexibility index (Phi) is 8.30. The van der Waals surface area contributed by atoms with E-state index in [1.165, 1.54) is 11.4 Å². The fourth-order valence-corrected chi connectivity index (χ4v) is 4.65. The normalized spacial score (nSPS) is 21.2. The van der Waals surface area contributed by atoms with Crippen LogP contribution in [0.5, 0.6) is 0 Å². The Labute approximate surface area is 164 Å². The maximum atomic E-state index is 12.7. The maximum Gasteiger partial charge on any atom is 0.416 e. The number of benzene rings is 1. The number of rotatable bonds is 9. The van der Waals surface area contributed by atoms with Gasteiger partial charge in [0.15, 0.2) is 0 Å². The maximum absolute atomic E-state index is 12.7. The molecule has 0 radical (unpaired) electrons. The van der Waals surface area contributed by atoms with Gasteiger partial charge in [-0.25, -0.2) is 12.7 Å². The molecule has 0 saturated heterocycles. The Hall–Kier alpha value is -1.16. The number of aliphatic hydroxyl groups excluding tert-OH is 1. The van der Waals surface area contributed by atoms with Crippen LogP contribution in [0.1, 0.15) is 44.1 Å². The van der Waals surface area contributed by atoms with Gasteiger partial charge in [-0.2, -0.15) is 13.2 Å². The Bertz CT molecular complexity index is 699. The van der Waals surface area contributed by atoms with E-state index in [0.29, 0.717) is 13.2 Å². The smallest absolute Gasteiger partial charge is 0.396 e. The molecule has 1 aliphatic carbocycles. The molecule has 0 unspecified atom stereocenters. The molecule has 9 heteroatoms. The van der Waals surface area contributed by atoms with Crippen LogP contribution in [-0.4, -0.2) is 50.7 Å². The van der Waals surface area contributed by atoms with E-state index in [-0.39, 0.29) is 23.5 Å². The molecule has 5 nitrogen and oxygen atoms in total. The predicted molar refractivity (Wildman–Crippen MR) is 99.3 cm³/mol. The lowest BCUT2D eigenvalue weighted by molar-refractivity contribution is -0.137. The van der Waals surface area contributed by atoms with E-state index < -0.39 is 21.8 Å². The second kappa shape index (κ2) is 10.0. The third-order valence-electron chi connectivity index (χ3n) is 5.10. The zero-order valence-corrected chi connectivity index (χ0v) is 16.8. The van der Waals surface area contributed by atoms with Crippen LogP contribution in [0.2, 0.25) is 0 Å². The fraction of sp³-hybridized carbons (Fsp3) is 0.684. The van der Waals surface area contributed by atoms with Crippen molar-refractivity contribution in [1.29, 1.82) is 0 Å². The van der Waals surface area contributed by atoms with E-state index in [4.69, 9.17) is 9.84 Å². The van der Waals surface area contributed by atoms with Crippen LogP contribution in [0.3, 0.4) is 0 Å². The molecule has 0 aromatic heterocycles.